The van der Waals surface area contributed by atoms with Gasteiger partial charge in [-0.25, -0.2) is 9.97 Å². The van der Waals surface area contributed by atoms with Gasteiger partial charge in [-0.1, -0.05) is 0 Å². The highest BCUT2D eigenvalue weighted by atomic mass is 16.5. The molecule has 6 nitrogen and oxygen atoms in total. The monoisotopic (exact) mass is 220 g/mol. The zero-order valence-electron chi connectivity index (χ0n) is 9.10. The average Bonchev–Trinajstić information content (AvgIpc) is 2.57. The summed E-state index contributed by atoms with van der Waals surface area (Å²) in [5.41, 5.74) is 6.50. The Morgan fingerprint density at radius 2 is 2.31 bits per heavy atom. The minimum atomic E-state index is -0.418. The Balaban J connectivity index is 2.55. The van der Waals surface area contributed by atoms with Gasteiger partial charge in [0.1, 0.15) is 0 Å². The lowest BCUT2D eigenvalue weighted by molar-refractivity contribution is -0.117. The summed E-state index contributed by atoms with van der Waals surface area (Å²) >= 11 is 0. The molecule has 2 aromatic heterocycles. The van der Waals surface area contributed by atoms with E-state index in [4.69, 9.17) is 10.5 Å². The molecule has 2 N–H and O–H groups in total. The maximum absolute atomic E-state index is 10.8. The topological polar surface area (TPSA) is 82.5 Å². The van der Waals surface area contributed by atoms with Crippen LogP contribution < -0.4 is 10.5 Å². The highest BCUT2D eigenvalue weighted by Crippen LogP contribution is 2.15. The van der Waals surface area contributed by atoms with E-state index in [2.05, 4.69) is 9.97 Å². The maximum Gasteiger partial charge on any atom is 0.237 e. The van der Waals surface area contributed by atoms with Crippen LogP contribution in [0.25, 0.3) is 5.78 Å². The molecule has 0 aromatic carbocycles. The molecule has 0 spiro atoms. The third-order valence-corrected chi connectivity index (χ3v) is 2.15. The lowest BCUT2D eigenvalue weighted by Gasteiger charge is -2.03. The molecule has 0 saturated heterocycles. The number of hydrogen-bond donors (Lipinski definition) is 1. The van der Waals surface area contributed by atoms with Gasteiger partial charge in [0.15, 0.2) is 0 Å². The zero-order chi connectivity index (χ0) is 11.7. The van der Waals surface area contributed by atoms with Crippen LogP contribution in [-0.2, 0) is 11.2 Å². The second kappa shape index (κ2) is 3.80. The Morgan fingerprint density at radius 1 is 1.56 bits per heavy atom. The summed E-state index contributed by atoms with van der Waals surface area (Å²) in [5.74, 6) is 0.720. The van der Waals surface area contributed by atoms with Crippen LogP contribution in [0.1, 0.15) is 11.4 Å². The number of aromatic nitrogens is 3. The lowest BCUT2D eigenvalue weighted by atomic mass is 10.3. The molecule has 0 unspecified atom stereocenters. The molecule has 0 radical (unpaired) electrons. The fourth-order valence-electron chi connectivity index (χ4n) is 1.52. The number of carbonyl (C=O) groups excluding carboxylic acids is 1. The van der Waals surface area contributed by atoms with Crippen LogP contribution in [0.2, 0.25) is 0 Å². The molecule has 0 aliphatic rings. The molecule has 2 aromatic rings. The molecule has 6 heteroatoms. The fourth-order valence-corrected chi connectivity index (χ4v) is 1.52. The molecule has 0 fully saturated rings. The van der Waals surface area contributed by atoms with Crippen LogP contribution >= 0.6 is 0 Å². The third-order valence-electron chi connectivity index (χ3n) is 2.15. The molecular formula is C10H12N4O2. The van der Waals surface area contributed by atoms with Gasteiger partial charge in [-0.3, -0.25) is 9.20 Å². The van der Waals surface area contributed by atoms with Gasteiger partial charge >= 0.3 is 0 Å². The van der Waals surface area contributed by atoms with Crippen LogP contribution in [0.3, 0.4) is 0 Å². The quantitative estimate of drug-likeness (QED) is 0.793. The summed E-state index contributed by atoms with van der Waals surface area (Å²) in [4.78, 5) is 19.2. The number of hydrogen-bond acceptors (Lipinski definition) is 4. The minimum absolute atomic E-state index is 0.103. The summed E-state index contributed by atoms with van der Waals surface area (Å²) in [7, 11) is 1.57. The van der Waals surface area contributed by atoms with Crippen molar-refractivity contribution in [2.45, 2.75) is 13.3 Å². The van der Waals surface area contributed by atoms with E-state index in [0.29, 0.717) is 17.4 Å². The maximum atomic E-state index is 10.8. The summed E-state index contributed by atoms with van der Waals surface area (Å²) < 4.78 is 6.88. The first-order valence-electron chi connectivity index (χ1n) is 4.78. The molecule has 0 bridgehead atoms. The molecule has 0 aliphatic carbocycles. The smallest absolute Gasteiger partial charge is 0.237 e. The van der Waals surface area contributed by atoms with Crippen LogP contribution in [0, 0.1) is 6.92 Å². The Bertz CT molecular complexity index is 547. The molecule has 0 atom stereocenters. The van der Waals surface area contributed by atoms with E-state index >= 15 is 0 Å². The van der Waals surface area contributed by atoms with Crippen LogP contribution in [0.5, 0.6) is 5.88 Å². The number of aryl methyl sites for hydroxylation is 1. The predicted octanol–water partition coefficient (Wildman–Crippen LogP) is 0.0741. The molecule has 84 valence electrons. The Hall–Kier alpha value is -2.11. The van der Waals surface area contributed by atoms with E-state index in [9.17, 15) is 4.79 Å². The number of nitrogens with zero attached hydrogens (tertiary/aromatic N) is 3. The highest BCUT2D eigenvalue weighted by Gasteiger charge is 2.09. The van der Waals surface area contributed by atoms with E-state index in [0.717, 1.165) is 5.69 Å². The number of methoxy groups -OCH3 is 1. The van der Waals surface area contributed by atoms with Gasteiger partial charge in [0.2, 0.25) is 17.6 Å². The second-order valence-corrected chi connectivity index (χ2v) is 3.49. The van der Waals surface area contributed by atoms with Crippen molar-refractivity contribution in [3.05, 3.63) is 23.7 Å². The summed E-state index contributed by atoms with van der Waals surface area (Å²) in [5, 5.41) is 0. The number of imidazole rings is 1. The number of carbonyl (C=O) groups is 1. The molecule has 2 rings (SSSR count). The van der Waals surface area contributed by atoms with Crippen molar-refractivity contribution in [2.75, 3.05) is 7.11 Å². The van der Waals surface area contributed by atoms with Gasteiger partial charge in [0.25, 0.3) is 0 Å². The number of fused-ring (bicyclic) bond motifs is 1. The molecule has 0 aliphatic heterocycles. The Morgan fingerprint density at radius 3 is 2.94 bits per heavy atom. The third kappa shape index (κ3) is 1.81. The largest absolute Gasteiger partial charge is 0.482 e. The number of nitrogens with two attached hydrogens (primary N) is 1. The molecule has 16 heavy (non-hydrogen) atoms. The van der Waals surface area contributed by atoms with Gasteiger partial charge in [-0.2, -0.15) is 0 Å². The van der Waals surface area contributed by atoms with Gasteiger partial charge in [-0.05, 0) is 6.92 Å². The second-order valence-electron chi connectivity index (χ2n) is 3.49. The first-order valence-corrected chi connectivity index (χ1v) is 4.78. The van der Waals surface area contributed by atoms with E-state index in [1.165, 1.54) is 0 Å². The normalized spacial score (nSPS) is 10.6. The zero-order valence-corrected chi connectivity index (χ0v) is 9.10. The Kier molecular flexibility index (Phi) is 2.47. The fraction of sp³-hybridized carbons (Fsp3) is 0.300. The van der Waals surface area contributed by atoms with Gasteiger partial charge in [0.05, 0.1) is 19.2 Å². The highest BCUT2D eigenvalue weighted by molar-refractivity contribution is 5.76. The molecule has 2 heterocycles. The Labute approximate surface area is 92.1 Å². The SMILES string of the molecule is COc1cc(C)nc2nc(CC(N)=O)cn12. The van der Waals surface area contributed by atoms with Crippen molar-refractivity contribution in [2.24, 2.45) is 5.73 Å². The van der Waals surface area contributed by atoms with Crippen molar-refractivity contribution >= 4 is 11.7 Å². The van der Waals surface area contributed by atoms with Gasteiger partial charge in [-0.15, -0.1) is 0 Å². The van der Waals surface area contributed by atoms with E-state index < -0.39 is 5.91 Å². The van der Waals surface area contributed by atoms with Crippen molar-refractivity contribution < 1.29 is 9.53 Å². The van der Waals surface area contributed by atoms with Gasteiger partial charge < -0.3 is 10.5 Å². The first-order chi connectivity index (χ1) is 7.60. The average molecular weight is 220 g/mol. The number of amides is 1. The summed E-state index contributed by atoms with van der Waals surface area (Å²) in [6.07, 6.45) is 1.80. The first kappa shape index (κ1) is 10.4. The number of primary amides is 1. The van der Waals surface area contributed by atoms with E-state index in [1.807, 2.05) is 6.92 Å². The van der Waals surface area contributed by atoms with Crippen LogP contribution in [0.15, 0.2) is 12.3 Å². The minimum Gasteiger partial charge on any atom is -0.482 e. The predicted molar refractivity (Wildman–Crippen MR) is 57.2 cm³/mol. The number of ether oxygens (including phenoxy) is 1. The van der Waals surface area contributed by atoms with Gasteiger partial charge in [0, 0.05) is 18.0 Å². The van der Waals surface area contributed by atoms with Crippen molar-refractivity contribution in [1.82, 2.24) is 14.4 Å². The standard InChI is InChI=1S/C10H12N4O2/c1-6-3-9(16-2)14-5-7(4-8(11)15)13-10(14)12-6/h3,5H,4H2,1-2H3,(H2,11,15). The summed E-state index contributed by atoms with van der Waals surface area (Å²) in [6.45, 7) is 1.85. The van der Waals surface area contributed by atoms with Crippen molar-refractivity contribution in [3.63, 3.8) is 0 Å². The van der Waals surface area contributed by atoms with Crippen LogP contribution in [-0.4, -0.2) is 27.4 Å². The van der Waals surface area contributed by atoms with Crippen molar-refractivity contribution in [1.29, 1.82) is 0 Å². The molecule has 0 saturated carbocycles. The number of rotatable bonds is 3. The lowest BCUT2D eigenvalue weighted by Crippen LogP contribution is -2.13. The molecule has 1 amide bonds. The van der Waals surface area contributed by atoms with E-state index in [-0.39, 0.29) is 6.42 Å². The van der Waals surface area contributed by atoms with Crippen molar-refractivity contribution in [3.8, 4) is 5.88 Å². The van der Waals surface area contributed by atoms with E-state index in [1.54, 1.807) is 23.8 Å². The summed E-state index contributed by atoms with van der Waals surface area (Å²) in [6, 6.07) is 1.79. The molecular weight excluding hydrogens is 208 g/mol. The van der Waals surface area contributed by atoms with Crippen LogP contribution in [0.4, 0.5) is 0 Å².